The van der Waals surface area contributed by atoms with Crippen molar-refractivity contribution in [3.05, 3.63) is 0 Å². The lowest BCUT2D eigenvalue weighted by Gasteiger charge is -2.31. The maximum absolute atomic E-state index is 12.5. The number of hydrogen-bond acceptors (Lipinski definition) is 3. The number of nitrogens with zero attached hydrogens (tertiary/aromatic N) is 1. The predicted octanol–water partition coefficient (Wildman–Crippen LogP) is 2.47. The van der Waals surface area contributed by atoms with E-state index in [0.29, 0.717) is 12.5 Å². The summed E-state index contributed by atoms with van der Waals surface area (Å²) in [4.78, 5) is 26.2. The van der Waals surface area contributed by atoms with E-state index >= 15 is 0 Å². The van der Waals surface area contributed by atoms with Crippen molar-refractivity contribution in [3.8, 4) is 0 Å². The average molecular weight is 269 g/mol. The molecule has 0 unspecified atom stereocenters. The summed E-state index contributed by atoms with van der Waals surface area (Å²) in [6.07, 6.45) is 0.995. The predicted molar refractivity (Wildman–Crippen MR) is 74.6 cm³/mol. The van der Waals surface area contributed by atoms with Crippen LogP contribution in [-0.2, 0) is 14.3 Å². The molecule has 0 aromatic rings. The Morgan fingerprint density at radius 2 is 1.95 bits per heavy atom. The fourth-order valence-electron chi connectivity index (χ4n) is 2.42. The van der Waals surface area contributed by atoms with Crippen molar-refractivity contribution in [2.24, 2.45) is 16.7 Å². The first-order valence-electron chi connectivity index (χ1n) is 7.11. The van der Waals surface area contributed by atoms with Crippen LogP contribution in [0, 0.1) is 16.7 Å². The second-order valence-electron chi connectivity index (χ2n) is 6.63. The molecule has 1 rings (SSSR count). The average Bonchev–Trinajstić information content (AvgIpc) is 2.72. The summed E-state index contributed by atoms with van der Waals surface area (Å²) < 4.78 is 5.00. The van der Waals surface area contributed by atoms with Crippen molar-refractivity contribution in [1.82, 2.24) is 4.90 Å². The topological polar surface area (TPSA) is 46.6 Å². The first kappa shape index (κ1) is 16.0. The quantitative estimate of drug-likeness (QED) is 0.582. The number of esters is 1. The van der Waals surface area contributed by atoms with Gasteiger partial charge in [0.1, 0.15) is 5.41 Å². The van der Waals surface area contributed by atoms with Crippen LogP contribution in [0.1, 0.15) is 48.0 Å². The van der Waals surface area contributed by atoms with Gasteiger partial charge in [-0.15, -0.1) is 0 Å². The minimum atomic E-state index is -1.09. The Hall–Kier alpha value is -1.06. The van der Waals surface area contributed by atoms with E-state index < -0.39 is 11.4 Å². The second-order valence-corrected chi connectivity index (χ2v) is 6.63. The number of carbonyl (C=O) groups is 2. The molecule has 0 saturated carbocycles. The zero-order valence-corrected chi connectivity index (χ0v) is 13.1. The van der Waals surface area contributed by atoms with E-state index in [0.717, 1.165) is 19.5 Å². The van der Waals surface area contributed by atoms with Gasteiger partial charge in [-0.1, -0.05) is 20.8 Å². The third-order valence-corrected chi connectivity index (χ3v) is 4.51. The van der Waals surface area contributed by atoms with Crippen molar-refractivity contribution in [1.29, 1.82) is 0 Å². The summed E-state index contributed by atoms with van der Waals surface area (Å²) in [5, 5.41) is 0. The van der Waals surface area contributed by atoms with Gasteiger partial charge in [0.15, 0.2) is 0 Å². The Morgan fingerprint density at radius 1 is 1.37 bits per heavy atom. The van der Waals surface area contributed by atoms with Crippen LogP contribution in [-0.4, -0.2) is 36.5 Å². The molecule has 1 aliphatic heterocycles. The summed E-state index contributed by atoms with van der Waals surface area (Å²) in [5.74, 6) is -0.0236. The van der Waals surface area contributed by atoms with E-state index in [1.165, 1.54) is 0 Å². The van der Waals surface area contributed by atoms with Gasteiger partial charge in [-0.3, -0.25) is 9.59 Å². The third kappa shape index (κ3) is 3.10. The van der Waals surface area contributed by atoms with Gasteiger partial charge in [0.05, 0.1) is 6.61 Å². The first-order chi connectivity index (χ1) is 8.65. The van der Waals surface area contributed by atoms with Crippen molar-refractivity contribution in [2.45, 2.75) is 48.0 Å². The third-order valence-electron chi connectivity index (χ3n) is 4.51. The summed E-state index contributed by atoms with van der Waals surface area (Å²) in [6, 6.07) is 0. The minimum Gasteiger partial charge on any atom is -0.465 e. The van der Waals surface area contributed by atoms with Crippen LogP contribution in [0.25, 0.3) is 0 Å². The van der Waals surface area contributed by atoms with Gasteiger partial charge in [-0.2, -0.15) is 0 Å². The van der Waals surface area contributed by atoms with Crippen molar-refractivity contribution in [2.75, 3.05) is 19.7 Å². The molecule has 0 aromatic heterocycles. The molecule has 4 heteroatoms. The smallest absolute Gasteiger partial charge is 0.321 e. The molecular weight excluding hydrogens is 242 g/mol. The molecule has 1 atom stereocenters. The number of amides is 1. The normalized spacial score (nSPS) is 23.8. The van der Waals surface area contributed by atoms with E-state index in [4.69, 9.17) is 4.74 Å². The fraction of sp³-hybridized carbons (Fsp3) is 0.867. The van der Waals surface area contributed by atoms with Crippen LogP contribution in [0.4, 0.5) is 0 Å². The minimum absolute atomic E-state index is 0.115. The summed E-state index contributed by atoms with van der Waals surface area (Å²) in [6.45, 7) is 13.4. The SMILES string of the molecule is CCOC(=O)C(C)(C)C(=O)N1CC[C@](C)(C(C)C)C1. The first-order valence-corrected chi connectivity index (χ1v) is 7.11. The molecule has 0 N–H and O–H groups in total. The largest absolute Gasteiger partial charge is 0.465 e. The molecule has 1 amide bonds. The Balaban J connectivity index is 2.77. The van der Waals surface area contributed by atoms with E-state index in [-0.39, 0.29) is 11.3 Å². The highest BCUT2D eigenvalue weighted by Gasteiger charge is 2.45. The molecule has 0 aromatic carbocycles. The van der Waals surface area contributed by atoms with Crippen molar-refractivity contribution < 1.29 is 14.3 Å². The molecule has 0 bridgehead atoms. The zero-order chi connectivity index (χ0) is 14.8. The van der Waals surface area contributed by atoms with Crippen molar-refractivity contribution >= 4 is 11.9 Å². The maximum atomic E-state index is 12.5. The summed E-state index contributed by atoms with van der Waals surface area (Å²) >= 11 is 0. The Morgan fingerprint density at radius 3 is 2.37 bits per heavy atom. The standard InChI is InChI=1S/C15H27NO3/c1-7-19-13(18)14(4,5)12(17)16-9-8-15(6,10-16)11(2)3/h11H,7-10H2,1-6H3/t15-/m0/s1. The maximum Gasteiger partial charge on any atom is 0.321 e. The molecule has 1 aliphatic rings. The van der Waals surface area contributed by atoms with Gasteiger partial charge >= 0.3 is 5.97 Å². The second kappa shape index (κ2) is 5.51. The van der Waals surface area contributed by atoms with E-state index in [1.54, 1.807) is 20.8 Å². The molecule has 4 nitrogen and oxygen atoms in total. The summed E-state index contributed by atoms with van der Waals surface area (Å²) in [7, 11) is 0. The Labute approximate surface area is 116 Å². The number of likely N-dealkylation sites (tertiary alicyclic amines) is 1. The van der Waals surface area contributed by atoms with Gasteiger partial charge in [0.25, 0.3) is 0 Å². The molecule has 0 radical (unpaired) electrons. The van der Waals surface area contributed by atoms with Crippen LogP contribution >= 0.6 is 0 Å². The lowest BCUT2D eigenvalue weighted by atomic mass is 9.78. The highest BCUT2D eigenvalue weighted by atomic mass is 16.5. The molecule has 0 spiro atoms. The van der Waals surface area contributed by atoms with Gasteiger partial charge < -0.3 is 9.64 Å². The van der Waals surface area contributed by atoms with E-state index in [9.17, 15) is 9.59 Å². The zero-order valence-electron chi connectivity index (χ0n) is 13.1. The van der Waals surface area contributed by atoms with Gasteiger partial charge in [0, 0.05) is 13.1 Å². The van der Waals surface area contributed by atoms with Crippen LogP contribution in [0.3, 0.4) is 0 Å². The highest BCUT2D eigenvalue weighted by molar-refractivity contribution is 6.01. The number of rotatable bonds is 4. The van der Waals surface area contributed by atoms with Crippen LogP contribution < -0.4 is 0 Å². The van der Waals surface area contributed by atoms with Gasteiger partial charge in [0.2, 0.25) is 5.91 Å². The monoisotopic (exact) mass is 269 g/mol. The molecule has 1 heterocycles. The van der Waals surface area contributed by atoms with Crippen LogP contribution in [0.2, 0.25) is 0 Å². The Kier molecular flexibility index (Phi) is 4.64. The Bertz CT molecular complexity index is 362. The lowest BCUT2D eigenvalue weighted by Crippen LogP contribution is -2.45. The molecule has 19 heavy (non-hydrogen) atoms. The van der Waals surface area contributed by atoms with E-state index in [1.807, 2.05) is 4.90 Å². The van der Waals surface area contributed by atoms with Crippen LogP contribution in [0.5, 0.6) is 0 Å². The van der Waals surface area contributed by atoms with Gasteiger partial charge in [-0.25, -0.2) is 0 Å². The number of hydrogen-bond donors (Lipinski definition) is 0. The summed E-state index contributed by atoms with van der Waals surface area (Å²) in [5.41, 5.74) is -0.932. The molecule has 110 valence electrons. The van der Waals surface area contributed by atoms with Gasteiger partial charge in [-0.05, 0) is 38.5 Å². The lowest BCUT2D eigenvalue weighted by molar-refractivity contribution is -0.162. The number of ether oxygens (including phenoxy) is 1. The molecule has 1 fully saturated rings. The molecular formula is C15H27NO3. The van der Waals surface area contributed by atoms with Crippen LogP contribution in [0.15, 0.2) is 0 Å². The molecule has 0 aliphatic carbocycles. The van der Waals surface area contributed by atoms with Crippen molar-refractivity contribution in [3.63, 3.8) is 0 Å². The van der Waals surface area contributed by atoms with E-state index in [2.05, 4.69) is 20.8 Å². The molecule has 1 saturated heterocycles. The number of carbonyl (C=O) groups excluding carboxylic acids is 2. The fourth-order valence-corrected chi connectivity index (χ4v) is 2.42. The highest BCUT2D eigenvalue weighted by Crippen LogP contribution is 2.38.